The minimum atomic E-state index is -0.494. The number of benzene rings is 1. The Morgan fingerprint density at radius 3 is 2.83 bits per heavy atom. The Kier molecular flexibility index (Phi) is 4.97. The van der Waals surface area contributed by atoms with Gasteiger partial charge in [0.25, 0.3) is 5.91 Å². The zero-order valence-corrected chi connectivity index (χ0v) is 16.9. The van der Waals surface area contributed by atoms with Gasteiger partial charge >= 0.3 is 0 Å². The number of fused-ring (bicyclic) bond motifs is 1. The van der Waals surface area contributed by atoms with Crippen molar-refractivity contribution < 1.29 is 14.1 Å². The van der Waals surface area contributed by atoms with E-state index in [0.717, 1.165) is 53.7 Å². The lowest BCUT2D eigenvalue weighted by atomic mass is 10.1. The topological polar surface area (TPSA) is 58.8 Å². The summed E-state index contributed by atoms with van der Waals surface area (Å²) in [6.45, 7) is 2.73. The number of nitrogens with zero attached hydrogens (tertiary/aromatic N) is 3. The molecule has 150 valence electrons. The minimum absolute atomic E-state index is 0.0867. The Labute approximate surface area is 173 Å². The number of aromatic nitrogens is 1. The van der Waals surface area contributed by atoms with Crippen LogP contribution in [0.1, 0.15) is 25.0 Å². The van der Waals surface area contributed by atoms with Gasteiger partial charge in [0.05, 0.1) is 23.7 Å². The highest BCUT2D eigenvalue weighted by atomic mass is 32.1. The number of amides is 1. The molecule has 1 fully saturated rings. The zero-order valence-electron chi connectivity index (χ0n) is 16.1. The van der Waals surface area contributed by atoms with Gasteiger partial charge in [-0.2, -0.15) is 0 Å². The number of anilines is 1. The van der Waals surface area contributed by atoms with Gasteiger partial charge in [0.15, 0.2) is 11.9 Å². The van der Waals surface area contributed by atoms with Gasteiger partial charge in [-0.1, -0.05) is 23.4 Å². The predicted molar refractivity (Wildman–Crippen MR) is 112 cm³/mol. The summed E-state index contributed by atoms with van der Waals surface area (Å²) in [6.07, 6.45) is 2.85. The van der Waals surface area contributed by atoms with Crippen LogP contribution >= 0.6 is 11.3 Å². The van der Waals surface area contributed by atoms with Crippen molar-refractivity contribution in [2.24, 2.45) is 0 Å². The first kappa shape index (κ1) is 18.2. The Balaban J connectivity index is 1.37. The Morgan fingerprint density at radius 1 is 1.14 bits per heavy atom. The molecule has 0 radical (unpaired) electrons. The summed E-state index contributed by atoms with van der Waals surface area (Å²) in [5, 5.41) is 6.27. The van der Waals surface area contributed by atoms with Crippen LogP contribution in [0.15, 0.2) is 52.4 Å². The van der Waals surface area contributed by atoms with Crippen molar-refractivity contribution in [3.8, 4) is 16.4 Å². The minimum Gasteiger partial charge on any atom is -0.477 e. The summed E-state index contributed by atoms with van der Waals surface area (Å²) < 4.78 is 11.6. The Bertz CT molecular complexity index is 979. The fraction of sp³-hybridized carbons (Fsp3) is 0.364. The maximum atomic E-state index is 13.1. The number of hydrogen-bond donors (Lipinski definition) is 0. The van der Waals surface area contributed by atoms with Gasteiger partial charge in [0.2, 0.25) is 0 Å². The van der Waals surface area contributed by atoms with Gasteiger partial charge in [-0.25, -0.2) is 0 Å². The highest BCUT2D eigenvalue weighted by molar-refractivity contribution is 7.13. The van der Waals surface area contributed by atoms with Crippen molar-refractivity contribution >= 4 is 22.9 Å². The molecular formula is C22H23N3O3S. The van der Waals surface area contributed by atoms with Crippen LogP contribution in [0.25, 0.3) is 10.6 Å². The van der Waals surface area contributed by atoms with Crippen LogP contribution in [0.5, 0.6) is 5.75 Å². The average molecular weight is 410 g/mol. The molecule has 2 aromatic heterocycles. The molecule has 0 unspecified atom stereocenters. The molecule has 0 N–H and O–H groups in total. The second-order valence-corrected chi connectivity index (χ2v) is 8.45. The lowest BCUT2D eigenvalue weighted by Crippen LogP contribution is -2.51. The maximum absolute atomic E-state index is 13.1. The van der Waals surface area contributed by atoms with Crippen LogP contribution in [-0.2, 0) is 11.3 Å². The molecule has 5 rings (SSSR count). The van der Waals surface area contributed by atoms with Crippen LogP contribution in [0.2, 0.25) is 0 Å². The summed E-state index contributed by atoms with van der Waals surface area (Å²) in [6, 6.07) is 13.9. The number of likely N-dealkylation sites (tertiary alicyclic amines) is 1. The molecule has 3 aromatic rings. The van der Waals surface area contributed by atoms with Crippen LogP contribution < -0.4 is 9.64 Å². The van der Waals surface area contributed by atoms with Gasteiger partial charge in [-0.3, -0.25) is 4.79 Å². The standard InChI is InChI=1S/C22H23N3O3S/c26-22(24-10-4-1-5-11-24)20-15-25(17-7-2-3-8-18(17)27-20)14-16-13-19(28-23-16)21-9-6-12-29-21/h2-3,6-9,12-13,20H,1,4-5,10-11,14-15H2/t20-/m1/s1. The van der Waals surface area contributed by atoms with E-state index in [0.29, 0.717) is 13.1 Å². The van der Waals surface area contributed by atoms with Crippen molar-refractivity contribution in [2.75, 3.05) is 24.5 Å². The second-order valence-electron chi connectivity index (χ2n) is 7.50. The molecule has 1 saturated heterocycles. The molecule has 2 aliphatic rings. The summed E-state index contributed by atoms with van der Waals surface area (Å²) in [5.41, 5.74) is 1.82. The molecule has 4 heterocycles. The molecule has 1 atom stereocenters. The molecule has 0 aliphatic carbocycles. The van der Waals surface area contributed by atoms with E-state index >= 15 is 0 Å². The molecule has 0 spiro atoms. The summed E-state index contributed by atoms with van der Waals surface area (Å²) in [7, 11) is 0. The third-order valence-corrected chi connectivity index (χ3v) is 6.36. The van der Waals surface area contributed by atoms with Crippen LogP contribution in [0.4, 0.5) is 5.69 Å². The van der Waals surface area contributed by atoms with Crippen molar-refractivity contribution in [3.63, 3.8) is 0 Å². The van der Waals surface area contributed by atoms with Gasteiger partial charge < -0.3 is 19.1 Å². The number of carbonyl (C=O) groups is 1. The third kappa shape index (κ3) is 3.74. The van der Waals surface area contributed by atoms with E-state index in [9.17, 15) is 4.79 Å². The van der Waals surface area contributed by atoms with Crippen LogP contribution in [0.3, 0.4) is 0 Å². The van der Waals surface area contributed by atoms with E-state index in [4.69, 9.17) is 9.26 Å². The molecule has 6 nitrogen and oxygen atoms in total. The number of para-hydroxylation sites is 2. The predicted octanol–water partition coefficient (Wildman–Crippen LogP) is 4.18. The second kappa shape index (κ2) is 7.91. The normalized spacial score (nSPS) is 19.0. The first-order valence-electron chi connectivity index (χ1n) is 10.1. The van der Waals surface area contributed by atoms with Gasteiger partial charge in [-0.05, 0) is 42.8 Å². The fourth-order valence-corrected chi connectivity index (χ4v) is 4.69. The van der Waals surface area contributed by atoms with Crippen molar-refractivity contribution in [2.45, 2.75) is 31.9 Å². The Morgan fingerprint density at radius 2 is 2.00 bits per heavy atom. The van der Waals surface area contributed by atoms with E-state index < -0.39 is 6.10 Å². The SMILES string of the molecule is O=C([C@H]1CN(Cc2cc(-c3cccs3)on2)c2ccccc2O1)N1CCCCC1. The highest BCUT2D eigenvalue weighted by Crippen LogP contribution is 2.35. The van der Waals surface area contributed by atoms with Crippen LogP contribution in [0, 0.1) is 0 Å². The van der Waals surface area contributed by atoms with Crippen molar-refractivity contribution in [1.29, 1.82) is 0 Å². The van der Waals surface area contributed by atoms with E-state index in [1.54, 1.807) is 11.3 Å². The Hall–Kier alpha value is -2.80. The fourth-order valence-electron chi connectivity index (χ4n) is 4.02. The first-order valence-corrected chi connectivity index (χ1v) is 10.9. The lowest BCUT2D eigenvalue weighted by Gasteiger charge is -2.38. The molecule has 0 bridgehead atoms. The highest BCUT2D eigenvalue weighted by Gasteiger charge is 2.34. The van der Waals surface area contributed by atoms with E-state index in [1.807, 2.05) is 52.7 Å². The number of hydrogen-bond acceptors (Lipinski definition) is 6. The zero-order chi connectivity index (χ0) is 19.6. The molecule has 29 heavy (non-hydrogen) atoms. The number of ether oxygens (including phenoxy) is 1. The largest absolute Gasteiger partial charge is 0.477 e. The van der Waals surface area contributed by atoms with E-state index in [1.165, 1.54) is 6.42 Å². The third-order valence-electron chi connectivity index (χ3n) is 5.48. The molecule has 2 aliphatic heterocycles. The number of piperidine rings is 1. The van der Waals surface area contributed by atoms with Gasteiger partial charge in [0, 0.05) is 19.2 Å². The number of rotatable bonds is 4. The smallest absolute Gasteiger partial charge is 0.265 e. The summed E-state index contributed by atoms with van der Waals surface area (Å²) in [4.78, 5) is 18.2. The summed E-state index contributed by atoms with van der Waals surface area (Å²) >= 11 is 1.63. The quantitative estimate of drug-likeness (QED) is 0.647. The molecule has 1 amide bonds. The molecule has 0 saturated carbocycles. The molecule has 1 aromatic carbocycles. The molecular weight excluding hydrogens is 386 g/mol. The monoisotopic (exact) mass is 409 g/mol. The van der Waals surface area contributed by atoms with Crippen molar-refractivity contribution in [1.82, 2.24) is 10.1 Å². The lowest BCUT2D eigenvalue weighted by molar-refractivity contribution is -0.139. The van der Waals surface area contributed by atoms with Crippen LogP contribution in [-0.4, -0.2) is 41.7 Å². The number of carbonyl (C=O) groups excluding carboxylic acids is 1. The van der Waals surface area contributed by atoms with Crippen molar-refractivity contribution in [3.05, 3.63) is 53.5 Å². The van der Waals surface area contributed by atoms with E-state index in [2.05, 4.69) is 10.1 Å². The molecule has 7 heteroatoms. The summed E-state index contributed by atoms with van der Waals surface area (Å²) in [5.74, 6) is 1.61. The maximum Gasteiger partial charge on any atom is 0.265 e. The van der Waals surface area contributed by atoms with Gasteiger partial charge in [0.1, 0.15) is 11.4 Å². The first-order chi connectivity index (χ1) is 14.3. The van der Waals surface area contributed by atoms with E-state index in [-0.39, 0.29) is 5.91 Å². The van der Waals surface area contributed by atoms with Gasteiger partial charge in [-0.15, -0.1) is 11.3 Å². The average Bonchev–Trinajstić information content (AvgIpc) is 3.46. The number of thiophene rings is 1.